The van der Waals surface area contributed by atoms with Gasteiger partial charge in [0.2, 0.25) is 0 Å². The second kappa shape index (κ2) is 2.24. The Morgan fingerprint density at radius 1 is 1.50 bits per heavy atom. The molecule has 0 amide bonds. The number of hydrogen-bond acceptors (Lipinski definition) is 2. The van der Waals surface area contributed by atoms with Crippen molar-refractivity contribution >= 4 is 0 Å². The highest BCUT2D eigenvalue weighted by molar-refractivity contribution is 5.25. The highest BCUT2D eigenvalue weighted by Gasteiger charge is 2.77. The Hall–Kier alpha value is -0.0800. The molecule has 0 bridgehead atoms. The van der Waals surface area contributed by atoms with Crippen molar-refractivity contribution < 1.29 is 10.2 Å². The highest BCUT2D eigenvalue weighted by Crippen LogP contribution is 2.78. The number of aliphatic hydroxyl groups excluding tert-OH is 2. The molecule has 2 N–H and O–H groups in total. The normalized spacial score (nSPS) is 57.0. The van der Waals surface area contributed by atoms with Crippen LogP contribution in [0.3, 0.4) is 0 Å². The summed E-state index contributed by atoms with van der Waals surface area (Å²) in [5, 5.41) is 18.9. The number of hydrogen-bond donors (Lipinski definition) is 2. The molecule has 2 heteroatoms. The summed E-state index contributed by atoms with van der Waals surface area (Å²) in [6.45, 7) is 4.61. The Morgan fingerprint density at radius 2 is 2.17 bits per heavy atom. The molecule has 4 atom stereocenters. The summed E-state index contributed by atoms with van der Waals surface area (Å²) in [4.78, 5) is 0. The van der Waals surface area contributed by atoms with E-state index in [1.165, 1.54) is 0 Å². The molecule has 0 saturated heterocycles. The van der Waals surface area contributed by atoms with Crippen LogP contribution in [0.4, 0.5) is 0 Å². The van der Waals surface area contributed by atoms with Crippen molar-refractivity contribution in [2.75, 3.05) is 6.61 Å². The van der Waals surface area contributed by atoms with E-state index in [0.717, 1.165) is 19.3 Å². The van der Waals surface area contributed by atoms with Gasteiger partial charge >= 0.3 is 0 Å². The average Bonchev–Trinajstić information content (AvgIpc) is 2.66. The SMILES string of the molecule is CCC1(C)C(CO)C12CCC2O. The van der Waals surface area contributed by atoms with Gasteiger partial charge in [0.05, 0.1) is 6.10 Å². The van der Waals surface area contributed by atoms with E-state index in [2.05, 4.69) is 13.8 Å². The van der Waals surface area contributed by atoms with Gasteiger partial charge < -0.3 is 10.2 Å². The fourth-order valence-corrected chi connectivity index (χ4v) is 3.49. The van der Waals surface area contributed by atoms with Gasteiger partial charge in [-0.1, -0.05) is 13.8 Å². The Morgan fingerprint density at radius 3 is 2.25 bits per heavy atom. The summed E-state index contributed by atoms with van der Waals surface area (Å²) in [6, 6.07) is 0. The van der Waals surface area contributed by atoms with Crippen molar-refractivity contribution in [3.05, 3.63) is 0 Å². The predicted molar refractivity (Wildman–Crippen MR) is 46.6 cm³/mol. The minimum absolute atomic E-state index is 0.108. The van der Waals surface area contributed by atoms with Crippen LogP contribution in [0.25, 0.3) is 0 Å². The molecule has 70 valence electrons. The number of aliphatic hydroxyl groups is 2. The van der Waals surface area contributed by atoms with E-state index >= 15 is 0 Å². The van der Waals surface area contributed by atoms with Crippen LogP contribution in [0, 0.1) is 16.7 Å². The molecule has 2 nitrogen and oxygen atoms in total. The van der Waals surface area contributed by atoms with Crippen molar-refractivity contribution in [1.29, 1.82) is 0 Å². The predicted octanol–water partition coefficient (Wildman–Crippen LogP) is 1.17. The first-order chi connectivity index (χ1) is 5.63. The Bertz CT molecular complexity index is 204. The van der Waals surface area contributed by atoms with Gasteiger partial charge in [-0.2, -0.15) is 0 Å². The third kappa shape index (κ3) is 0.612. The van der Waals surface area contributed by atoms with E-state index in [1.54, 1.807) is 0 Å². The summed E-state index contributed by atoms with van der Waals surface area (Å²) in [5.74, 6) is 0.360. The molecule has 0 radical (unpaired) electrons. The number of rotatable bonds is 2. The lowest BCUT2D eigenvalue weighted by Crippen LogP contribution is -2.38. The summed E-state index contributed by atoms with van der Waals surface area (Å²) < 4.78 is 0. The van der Waals surface area contributed by atoms with Crippen LogP contribution in [-0.2, 0) is 0 Å². The van der Waals surface area contributed by atoms with Gasteiger partial charge in [-0.3, -0.25) is 0 Å². The van der Waals surface area contributed by atoms with Gasteiger partial charge in [-0.05, 0) is 30.6 Å². The molecule has 0 aromatic rings. The Balaban J connectivity index is 2.19. The molecule has 0 aliphatic heterocycles. The summed E-state index contributed by atoms with van der Waals surface area (Å²) in [6.07, 6.45) is 2.99. The van der Waals surface area contributed by atoms with Crippen molar-refractivity contribution in [3.63, 3.8) is 0 Å². The lowest BCUT2D eigenvalue weighted by atomic mass is 9.71. The average molecular weight is 170 g/mol. The summed E-state index contributed by atoms with van der Waals surface area (Å²) in [7, 11) is 0. The third-order valence-corrected chi connectivity index (χ3v) is 4.71. The van der Waals surface area contributed by atoms with Crippen molar-refractivity contribution in [3.8, 4) is 0 Å². The van der Waals surface area contributed by atoms with E-state index in [4.69, 9.17) is 0 Å². The highest BCUT2D eigenvalue weighted by atomic mass is 16.3. The molecule has 2 rings (SSSR count). The maximum atomic E-state index is 9.70. The van der Waals surface area contributed by atoms with E-state index < -0.39 is 0 Å². The van der Waals surface area contributed by atoms with Crippen LogP contribution < -0.4 is 0 Å². The smallest absolute Gasteiger partial charge is 0.0605 e. The van der Waals surface area contributed by atoms with Gasteiger partial charge in [-0.25, -0.2) is 0 Å². The Labute approximate surface area is 73.6 Å². The molecule has 2 aliphatic carbocycles. The van der Waals surface area contributed by atoms with Gasteiger partial charge in [0.1, 0.15) is 0 Å². The van der Waals surface area contributed by atoms with Crippen molar-refractivity contribution in [2.45, 2.75) is 39.2 Å². The maximum absolute atomic E-state index is 9.70. The van der Waals surface area contributed by atoms with E-state index in [0.29, 0.717) is 5.92 Å². The van der Waals surface area contributed by atoms with Gasteiger partial charge in [0.15, 0.2) is 0 Å². The topological polar surface area (TPSA) is 40.5 Å². The second-order valence-electron chi connectivity index (χ2n) is 4.60. The first kappa shape index (κ1) is 8.52. The van der Waals surface area contributed by atoms with Crippen LogP contribution >= 0.6 is 0 Å². The standard InChI is InChI=1S/C10H18O2/c1-3-9(2)7(6-11)10(9)5-4-8(10)12/h7-8,11-12H,3-6H2,1-2H3. The first-order valence-electron chi connectivity index (χ1n) is 4.92. The second-order valence-corrected chi connectivity index (χ2v) is 4.60. The van der Waals surface area contributed by atoms with Crippen molar-refractivity contribution in [2.24, 2.45) is 16.7 Å². The van der Waals surface area contributed by atoms with Crippen LogP contribution in [0.2, 0.25) is 0 Å². The van der Waals surface area contributed by atoms with Gasteiger partial charge in [0.25, 0.3) is 0 Å². The molecule has 0 aromatic heterocycles. The zero-order valence-corrected chi connectivity index (χ0v) is 7.88. The molecule has 4 unspecified atom stereocenters. The minimum atomic E-state index is -0.139. The molecular weight excluding hydrogens is 152 g/mol. The summed E-state index contributed by atoms with van der Waals surface area (Å²) >= 11 is 0. The quantitative estimate of drug-likeness (QED) is 0.653. The Kier molecular flexibility index (Phi) is 1.59. The van der Waals surface area contributed by atoms with Gasteiger partial charge in [-0.15, -0.1) is 0 Å². The lowest BCUT2D eigenvalue weighted by Gasteiger charge is -2.37. The lowest BCUT2D eigenvalue weighted by molar-refractivity contribution is -0.0280. The van der Waals surface area contributed by atoms with Crippen LogP contribution in [-0.4, -0.2) is 22.9 Å². The molecule has 0 aromatic carbocycles. The zero-order chi connectivity index (χ0) is 8.98. The third-order valence-electron chi connectivity index (χ3n) is 4.71. The van der Waals surface area contributed by atoms with E-state index in [1.807, 2.05) is 0 Å². The van der Waals surface area contributed by atoms with Crippen LogP contribution in [0.5, 0.6) is 0 Å². The molecule has 2 saturated carbocycles. The molecule has 2 fully saturated rings. The van der Waals surface area contributed by atoms with Crippen molar-refractivity contribution in [1.82, 2.24) is 0 Å². The molecule has 2 aliphatic rings. The molecule has 0 heterocycles. The molecule has 12 heavy (non-hydrogen) atoms. The van der Waals surface area contributed by atoms with Gasteiger partial charge in [0, 0.05) is 12.0 Å². The van der Waals surface area contributed by atoms with Crippen LogP contribution in [0.1, 0.15) is 33.1 Å². The largest absolute Gasteiger partial charge is 0.396 e. The molecule has 1 spiro atoms. The first-order valence-corrected chi connectivity index (χ1v) is 4.92. The van der Waals surface area contributed by atoms with E-state index in [9.17, 15) is 10.2 Å². The van der Waals surface area contributed by atoms with Crippen LogP contribution in [0.15, 0.2) is 0 Å². The summed E-state index contributed by atoms with van der Waals surface area (Å²) in [5.41, 5.74) is 0.329. The fourth-order valence-electron chi connectivity index (χ4n) is 3.49. The fraction of sp³-hybridized carbons (Fsp3) is 1.00. The minimum Gasteiger partial charge on any atom is -0.396 e. The zero-order valence-electron chi connectivity index (χ0n) is 7.88. The van der Waals surface area contributed by atoms with E-state index in [-0.39, 0.29) is 23.5 Å². The maximum Gasteiger partial charge on any atom is 0.0605 e. The molecular formula is C10H18O2. The monoisotopic (exact) mass is 170 g/mol.